The topological polar surface area (TPSA) is 43.4 Å². The van der Waals surface area contributed by atoms with Gasteiger partial charge >= 0.3 is 0 Å². The van der Waals surface area contributed by atoms with Crippen LogP contribution in [0.2, 0.25) is 0 Å². The van der Waals surface area contributed by atoms with Crippen LogP contribution in [0.1, 0.15) is 33.6 Å². The third-order valence-electron chi connectivity index (χ3n) is 2.36. The van der Waals surface area contributed by atoms with E-state index in [1.54, 1.807) is 12.4 Å². The van der Waals surface area contributed by atoms with Crippen LogP contribution in [0.15, 0.2) is 12.4 Å². The first-order valence-corrected chi connectivity index (χ1v) is 6.01. The number of nitrogens with one attached hydrogen (secondary N) is 1. The van der Waals surface area contributed by atoms with Gasteiger partial charge in [-0.15, -0.1) is 0 Å². The third kappa shape index (κ3) is 3.25. The highest BCUT2D eigenvalue weighted by molar-refractivity contribution is 5.64. The normalized spacial score (nSPS) is 15.5. The van der Waals surface area contributed by atoms with Crippen LogP contribution >= 0.6 is 0 Å². The minimum absolute atomic E-state index is 0.245. The van der Waals surface area contributed by atoms with E-state index in [0.717, 1.165) is 30.0 Å². The van der Waals surface area contributed by atoms with Gasteiger partial charge in [-0.1, -0.05) is 0 Å². The van der Waals surface area contributed by atoms with Crippen molar-refractivity contribution in [2.24, 2.45) is 0 Å². The Kier molecular flexibility index (Phi) is 3.13. The fourth-order valence-corrected chi connectivity index (χ4v) is 1.53. The molecule has 0 spiro atoms. The Hall–Kier alpha value is -1.45. The molecule has 0 aromatic carbocycles. The van der Waals surface area contributed by atoms with Crippen LogP contribution in [0.3, 0.4) is 0 Å². The fourth-order valence-electron chi connectivity index (χ4n) is 1.53. The number of nitrogens with zero attached hydrogens (tertiary/aromatic N) is 1. The first-order valence-electron chi connectivity index (χ1n) is 6.01. The Morgan fingerprint density at radius 3 is 2.41 bits per heavy atom. The molecular formula is C13H20N2O2. The van der Waals surface area contributed by atoms with Gasteiger partial charge in [0.25, 0.3) is 0 Å². The van der Waals surface area contributed by atoms with Crippen molar-refractivity contribution in [3.8, 4) is 11.5 Å². The quantitative estimate of drug-likeness (QED) is 0.873. The molecule has 1 heterocycles. The number of ether oxygens (including phenoxy) is 2. The van der Waals surface area contributed by atoms with Crippen LogP contribution in [0.4, 0.5) is 5.69 Å². The van der Waals surface area contributed by atoms with Gasteiger partial charge in [-0.25, -0.2) is 0 Å². The zero-order chi connectivity index (χ0) is 12.5. The molecule has 0 saturated heterocycles. The maximum absolute atomic E-state index is 5.86. The van der Waals surface area contributed by atoms with Crippen molar-refractivity contribution in [3.05, 3.63) is 12.4 Å². The van der Waals surface area contributed by atoms with Crippen LogP contribution in [-0.4, -0.2) is 23.7 Å². The Morgan fingerprint density at radius 2 is 1.88 bits per heavy atom. The van der Waals surface area contributed by atoms with E-state index < -0.39 is 0 Å². The second kappa shape index (κ2) is 4.43. The van der Waals surface area contributed by atoms with E-state index in [2.05, 4.69) is 10.3 Å². The molecule has 2 rings (SSSR count). The minimum atomic E-state index is -0.245. The summed E-state index contributed by atoms with van der Waals surface area (Å²) in [7, 11) is 1.87. The lowest BCUT2D eigenvalue weighted by Crippen LogP contribution is -2.23. The van der Waals surface area contributed by atoms with Crippen LogP contribution < -0.4 is 14.8 Å². The molecule has 0 bridgehead atoms. The molecule has 1 saturated carbocycles. The summed E-state index contributed by atoms with van der Waals surface area (Å²) >= 11 is 0. The Bertz CT molecular complexity index is 395. The van der Waals surface area contributed by atoms with E-state index >= 15 is 0 Å². The molecule has 4 nitrogen and oxygen atoms in total. The number of hydrogen-bond donors (Lipinski definition) is 1. The van der Waals surface area contributed by atoms with Crippen LogP contribution in [0, 0.1) is 0 Å². The summed E-state index contributed by atoms with van der Waals surface area (Å²) in [4.78, 5) is 4.17. The van der Waals surface area contributed by atoms with Gasteiger partial charge in [-0.2, -0.15) is 0 Å². The van der Waals surface area contributed by atoms with Crippen molar-refractivity contribution in [2.45, 2.75) is 45.3 Å². The summed E-state index contributed by atoms with van der Waals surface area (Å²) in [5.41, 5.74) is 0.632. The predicted molar refractivity (Wildman–Crippen MR) is 67.8 cm³/mol. The Morgan fingerprint density at radius 1 is 1.24 bits per heavy atom. The van der Waals surface area contributed by atoms with Crippen molar-refractivity contribution >= 4 is 5.69 Å². The number of pyridine rings is 1. The number of rotatable bonds is 4. The van der Waals surface area contributed by atoms with E-state index in [9.17, 15) is 0 Å². The molecule has 0 aliphatic heterocycles. The molecule has 0 atom stereocenters. The van der Waals surface area contributed by atoms with Gasteiger partial charge in [0.1, 0.15) is 11.3 Å². The zero-order valence-electron chi connectivity index (χ0n) is 10.9. The Labute approximate surface area is 102 Å². The van der Waals surface area contributed by atoms with Gasteiger partial charge in [-0.3, -0.25) is 4.98 Å². The summed E-state index contributed by atoms with van der Waals surface area (Å²) in [6, 6.07) is 0. The number of aromatic nitrogens is 1. The highest BCUT2D eigenvalue weighted by Gasteiger charge is 2.26. The summed E-state index contributed by atoms with van der Waals surface area (Å²) in [5.74, 6) is 1.51. The Balaban J connectivity index is 2.24. The van der Waals surface area contributed by atoms with Gasteiger partial charge in [0.05, 0.1) is 18.5 Å². The molecule has 17 heavy (non-hydrogen) atoms. The molecule has 1 N–H and O–H groups in total. The van der Waals surface area contributed by atoms with E-state index in [1.165, 1.54) is 0 Å². The fraction of sp³-hybridized carbons (Fsp3) is 0.615. The van der Waals surface area contributed by atoms with E-state index in [-0.39, 0.29) is 5.60 Å². The lowest BCUT2D eigenvalue weighted by Gasteiger charge is -2.23. The number of anilines is 1. The molecule has 4 heteroatoms. The molecule has 94 valence electrons. The highest BCUT2D eigenvalue weighted by atomic mass is 16.5. The van der Waals surface area contributed by atoms with E-state index in [0.29, 0.717) is 6.10 Å². The minimum Gasteiger partial charge on any atom is -0.486 e. The summed E-state index contributed by atoms with van der Waals surface area (Å²) in [5, 5.41) is 3.13. The van der Waals surface area contributed by atoms with Gasteiger partial charge < -0.3 is 14.8 Å². The standard InChI is InChI=1S/C13H20N2O2/c1-13(2,3)17-11-8-15-7-10(12(11)14-4)16-9-5-6-9/h7-9H,5-6H2,1-4H3,(H,14,15). The predicted octanol–water partition coefficient (Wildman–Crippen LogP) is 2.84. The maximum atomic E-state index is 5.86. The average Bonchev–Trinajstić information content (AvgIpc) is 2.99. The van der Waals surface area contributed by atoms with E-state index in [4.69, 9.17) is 9.47 Å². The summed E-state index contributed by atoms with van der Waals surface area (Å²) < 4.78 is 11.7. The largest absolute Gasteiger partial charge is 0.486 e. The van der Waals surface area contributed by atoms with Crippen molar-refractivity contribution in [1.29, 1.82) is 0 Å². The smallest absolute Gasteiger partial charge is 0.165 e. The zero-order valence-corrected chi connectivity index (χ0v) is 10.9. The van der Waals surface area contributed by atoms with Gasteiger partial charge in [-0.05, 0) is 33.6 Å². The highest BCUT2D eigenvalue weighted by Crippen LogP contribution is 2.38. The first kappa shape index (κ1) is 12.0. The third-order valence-corrected chi connectivity index (χ3v) is 2.36. The molecule has 0 radical (unpaired) electrons. The van der Waals surface area contributed by atoms with Crippen LogP contribution in [0.25, 0.3) is 0 Å². The van der Waals surface area contributed by atoms with Crippen molar-refractivity contribution < 1.29 is 9.47 Å². The lowest BCUT2D eigenvalue weighted by atomic mass is 10.2. The van der Waals surface area contributed by atoms with Crippen molar-refractivity contribution in [1.82, 2.24) is 4.98 Å². The average molecular weight is 236 g/mol. The molecule has 1 aliphatic rings. The van der Waals surface area contributed by atoms with Crippen LogP contribution in [0.5, 0.6) is 11.5 Å². The molecule has 1 aromatic rings. The second-order valence-corrected chi connectivity index (χ2v) is 5.29. The van der Waals surface area contributed by atoms with Gasteiger partial charge in [0, 0.05) is 7.05 Å². The summed E-state index contributed by atoms with van der Waals surface area (Å²) in [6.07, 6.45) is 6.08. The maximum Gasteiger partial charge on any atom is 0.165 e. The van der Waals surface area contributed by atoms with Crippen LogP contribution in [-0.2, 0) is 0 Å². The van der Waals surface area contributed by atoms with E-state index in [1.807, 2.05) is 27.8 Å². The second-order valence-electron chi connectivity index (χ2n) is 5.29. The molecule has 1 fully saturated rings. The van der Waals surface area contributed by atoms with Gasteiger partial charge in [0.15, 0.2) is 11.5 Å². The van der Waals surface area contributed by atoms with Crippen molar-refractivity contribution in [3.63, 3.8) is 0 Å². The van der Waals surface area contributed by atoms with Gasteiger partial charge in [0.2, 0.25) is 0 Å². The molecule has 1 aromatic heterocycles. The number of hydrogen-bond acceptors (Lipinski definition) is 4. The molecule has 0 unspecified atom stereocenters. The first-order chi connectivity index (χ1) is 7.99. The summed E-state index contributed by atoms with van der Waals surface area (Å²) in [6.45, 7) is 6.04. The van der Waals surface area contributed by atoms with Crippen molar-refractivity contribution in [2.75, 3.05) is 12.4 Å². The molecule has 0 amide bonds. The molecular weight excluding hydrogens is 216 g/mol. The monoisotopic (exact) mass is 236 g/mol. The SMILES string of the molecule is CNc1c(OC2CC2)cncc1OC(C)(C)C. The molecule has 1 aliphatic carbocycles. The lowest BCUT2D eigenvalue weighted by molar-refractivity contribution is 0.130.